The van der Waals surface area contributed by atoms with E-state index in [2.05, 4.69) is 22.0 Å². The Bertz CT molecular complexity index is 1010. The van der Waals surface area contributed by atoms with E-state index in [0.29, 0.717) is 23.6 Å². The molecular weight excluding hydrogens is 354 g/mol. The lowest BCUT2D eigenvalue weighted by molar-refractivity contribution is 0.309. The van der Waals surface area contributed by atoms with Crippen molar-refractivity contribution < 1.29 is 4.74 Å². The molecule has 1 aromatic carbocycles. The van der Waals surface area contributed by atoms with Gasteiger partial charge in [0.25, 0.3) is 5.56 Å². The second kappa shape index (κ2) is 8.65. The van der Waals surface area contributed by atoms with E-state index < -0.39 is 0 Å². The maximum Gasteiger partial charge on any atom is 0.267 e. The van der Waals surface area contributed by atoms with Gasteiger partial charge in [-0.25, -0.2) is 14.6 Å². The Kier molecular flexibility index (Phi) is 6.03. The minimum absolute atomic E-state index is 0.0547. The number of rotatable bonds is 7. The minimum Gasteiger partial charge on any atom is -0.494 e. The molecule has 0 fully saturated rings. The van der Waals surface area contributed by atoms with Crippen molar-refractivity contribution >= 4 is 5.95 Å². The summed E-state index contributed by atoms with van der Waals surface area (Å²) >= 11 is 0. The maximum absolute atomic E-state index is 12.1. The van der Waals surface area contributed by atoms with Gasteiger partial charge in [0.05, 0.1) is 24.0 Å². The highest BCUT2D eigenvalue weighted by atomic mass is 16.5. The van der Waals surface area contributed by atoms with Crippen LogP contribution in [0.15, 0.2) is 47.4 Å². The summed E-state index contributed by atoms with van der Waals surface area (Å²) in [6, 6.07) is 10.8. The van der Waals surface area contributed by atoms with E-state index >= 15 is 0 Å². The van der Waals surface area contributed by atoms with Crippen molar-refractivity contribution in [1.29, 1.82) is 0 Å². The molecule has 0 amide bonds. The zero-order valence-electron chi connectivity index (χ0n) is 16.4. The molecule has 0 aliphatic rings. The first-order chi connectivity index (χ1) is 13.5. The fraction of sp³-hybridized carbons (Fsp3) is 0.333. The number of nitrogen functional groups attached to an aromatic ring is 1. The summed E-state index contributed by atoms with van der Waals surface area (Å²) < 4.78 is 7.26. The predicted octanol–water partition coefficient (Wildman–Crippen LogP) is 3.71. The molecule has 0 aliphatic carbocycles. The van der Waals surface area contributed by atoms with Crippen LogP contribution in [-0.2, 0) is 0 Å². The summed E-state index contributed by atoms with van der Waals surface area (Å²) in [6.45, 7) is 6.62. The molecule has 2 aromatic heterocycles. The Labute approximate surface area is 164 Å². The molecule has 3 aromatic rings. The summed E-state index contributed by atoms with van der Waals surface area (Å²) in [5, 5.41) is 4.49. The van der Waals surface area contributed by atoms with Gasteiger partial charge in [-0.1, -0.05) is 25.5 Å². The molecule has 0 radical (unpaired) electrons. The van der Waals surface area contributed by atoms with Crippen LogP contribution in [0.1, 0.15) is 39.7 Å². The van der Waals surface area contributed by atoms with E-state index in [0.717, 1.165) is 24.2 Å². The van der Waals surface area contributed by atoms with Crippen LogP contribution in [-0.4, -0.2) is 26.4 Å². The lowest BCUT2D eigenvalue weighted by Gasteiger charge is -2.13. The van der Waals surface area contributed by atoms with Crippen molar-refractivity contribution in [3.05, 3.63) is 52.9 Å². The summed E-state index contributed by atoms with van der Waals surface area (Å²) in [5.74, 6) is 0.947. The van der Waals surface area contributed by atoms with Gasteiger partial charge in [0.15, 0.2) is 0 Å². The van der Waals surface area contributed by atoms with Crippen LogP contribution >= 0.6 is 0 Å². The normalized spacial score (nSPS) is 11.0. The molecule has 3 rings (SSSR count). The van der Waals surface area contributed by atoms with Gasteiger partial charge in [-0.15, -0.1) is 0 Å². The molecule has 0 aliphatic heterocycles. The number of unbranched alkanes of at least 4 members (excludes halogenated alkanes) is 1. The quantitative estimate of drug-likeness (QED) is 0.629. The van der Waals surface area contributed by atoms with Crippen molar-refractivity contribution in [3.8, 4) is 28.3 Å². The number of ether oxygens (including phenoxy) is 1. The van der Waals surface area contributed by atoms with E-state index in [1.165, 1.54) is 10.7 Å². The largest absolute Gasteiger partial charge is 0.494 e. The van der Waals surface area contributed by atoms with Crippen molar-refractivity contribution in [3.63, 3.8) is 0 Å². The monoisotopic (exact) mass is 379 g/mol. The Morgan fingerprint density at radius 1 is 1.21 bits per heavy atom. The maximum atomic E-state index is 12.1. The molecule has 7 heteroatoms. The Morgan fingerprint density at radius 3 is 2.79 bits per heavy atom. The smallest absolute Gasteiger partial charge is 0.267 e. The van der Waals surface area contributed by atoms with Crippen LogP contribution < -0.4 is 16.0 Å². The SMILES string of the molecule is CCCCOc1cccc(-c2nc(N)ncc2-c2ccc(=O)n(C(C)C)n2)c1. The standard InChI is InChI=1S/C21H25N5O2/c1-4-5-11-28-16-8-6-7-15(12-16)20-17(13-23-21(22)24-20)18-9-10-19(27)26(25-18)14(2)3/h6-10,12-14H,4-5,11H2,1-3H3,(H2,22,23,24). The van der Waals surface area contributed by atoms with E-state index in [4.69, 9.17) is 10.5 Å². The third-order valence-electron chi connectivity index (χ3n) is 4.27. The minimum atomic E-state index is -0.150. The first kappa shape index (κ1) is 19.5. The Balaban J connectivity index is 2.06. The molecular formula is C21H25N5O2. The molecule has 2 heterocycles. The average Bonchev–Trinajstić information content (AvgIpc) is 2.69. The number of nitrogens with two attached hydrogens (primary N) is 1. The Morgan fingerprint density at radius 2 is 2.04 bits per heavy atom. The fourth-order valence-corrected chi connectivity index (χ4v) is 2.81. The van der Waals surface area contributed by atoms with Gasteiger partial charge >= 0.3 is 0 Å². The van der Waals surface area contributed by atoms with Gasteiger partial charge in [-0.2, -0.15) is 5.10 Å². The van der Waals surface area contributed by atoms with Gasteiger partial charge in [-0.05, 0) is 38.5 Å². The van der Waals surface area contributed by atoms with Crippen LogP contribution in [0.4, 0.5) is 5.95 Å². The summed E-state index contributed by atoms with van der Waals surface area (Å²) in [6.07, 6.45) is 3.71. The van der Waals surface area contributed by atoms with Crippen LogP contribution in [0.25, 0.3) is 22.5 Å². The lowest BCUT2D eigenvalue weighted by Crippen LogP contribution is -2.24. The van der Waals surface area contributed by atoms with E-state index in [-0.39, 0.29) is 17.5 Å². The number of benzene rings is 1. The lowest BCUT2D eigenvalue weighted by atomic mass is 10.0. The molecule has 0 saturated heterocycles. The fourth-order valence-electron chi connectivity index (χ4n) is 2.81. The molecule has 0 bridgehead atoms. The predicted molar refractivity (Wildman–Crippen MR) is 110 cm³/mol. The highest BCUT2D eigenvalue weighted by Crippen LogP contribution is 2.31. The molecule has 28 heavy (non-hydrogen) atoms. The molecule has 0 unspecified atom stereocenters. The topological polar surface area (TPSA) is 95.9 Å². The first-order valence-electron chi connectivity index (χ1n) is 9.45. The van der Waals surface area contributed by atoms with Crippen molar-refractivity contribution in [2.24, 2.45) is 0 Å². The molecule has 146 valence electrons. The first-order valence-corrected chi connectivity index (χ1v) is 9.45. The summed E-state index contributed by atoms with van der Waals surface area (Å²) in [4.78, 5) is 20.6. The molecule has 0 saturated carbocycles. The Hall–Kier alpha value is -3.22. The van der Waals surface area contributed by atoms with Crippen LogP contribution in [0.2, 0.25) is 0 Å². The summed E-state index contributed by atoms with van der Waals surface area (Å²) in [7, 11) is 0. The van der Waals surface area contributed by atoms with Crippen molar-refractivity contribution in [2.45, 2.75) is 39.7 Å². The summed E-state index contributed by atoms with van der Waals surface area (Å²) in [5.41, 5.74) is 8.51. The van der Waals surface area contributed by atoms with Crippen LogP contribution in [0.5, 0.6) is 5.75 Å². The number of aromatic nitrogens is 4. The van der Waals surface area contributed by atoms with Crippen molar-refractivity contribution in [2.75, 3.05) is 12.3 Å². The van der Waals surface area contributed by atoms with Gasteiger partial charge in [-0.3, -0.25) is 4.79 Å². The third kappa shape index (κ3) is 4.36. The molecule has 0 atom stereocenters. The van der Waals surface area contributed by atoms with E-state index in [1.807, 2.05) is 38.1 Å². The zero-order valence-corrected chi connectivity index (χ0v) is 16.4. The van der Waals surface area contributed by atoms with E-state index in [1.54, 1.807) is 12.3 Å². The number of nitrogens with zero attached hydrogens (tertiary/aromatic N) is 4. The van der Waals surface area contributed by atoms with Gasteiger partial charge in [0, 0.05) is 23.4 Å². The average molecular weight is 379 g/mol. The molecule has 7 nitrogen and oxygen atoms in total. The zero-order chi connectivity index (χ0) is 20.1. The number of anilines is 1. The molecule has 2 N–H and O–H groups in total. The third-order valence-corrected chi connectivity index (χ3v) is 4.27. The number of hydrogen-bond donors (Lipinski definition) is 1. The van der Waals surface area contributed by atoms with E-state index in [9.17, 15) is 4.79 Å². The van der Waals surface area contributed by atoms with Gasteiger partial charge in [0.1, 0.15) is 5.75 Å². The highest BCUT2D eigenvalue weighted by molar-refractivity contribution is 5.79. The second-order valence-corrected chi connectivity index (χ2v) is 6.82. The second-order valence-electron chi connectivity index (χ2n) is 6.82. The molecule has 0 spiro atoms. The van der Waals surface area contributed by atoms with Crippen LogP contribution in [0.3, 0.4) is 0 Å². The highest BCUT2D eigenvalue weighted by Gasteiger charge is 2.15. The van der Waals surface area contributed by atoms with Gasteiger partial charge in [0.2, 0.25) is 5.95 Å². The van der Waals surface area contributed by atoms with Crippen molar-refractivity contribution in [1.82, 2.24) is 19.7 Å². The number of hydrogen-bond acceptors (Lipinski definition) is 6. The van der Waals surface area contributed by atoms with Gasteiger partial charge < -0.3 is 10.5 Å². The van der Waals surface area contributed by atoms with Crippen LogP contribution in [0, 0.1) is 0 Å².